The second kappa shape index (κ2) is 13.4. The number of aromatic nitrogens is 3. The molecule has 236 valence electrons. The van der Waals surface area contributed by atoms with Gasteiger partial charge in [-0.3, -0.25) is 19.5 Å². The molecule has 6 rings (SSSR count). The molecule has 0 saturated carbocycles. The summed E-state index contributed by atoms with van der Waals surface area (Å²) in [7, 11) is 0. The van der Waals surface area contributed by atoms with Gasteiger partial charge in [-0.15, -0.1) is 0 Å². The molecule has 0 N–H and O–H groups in total. The zero-order valence-corrected chi connectivity index (χ0v) is 27.7. The summed E-state index contributed by atoms with van der Waals surface area (Å²) in [6.45, 7) is 5.51. The molecule has 0 aliphatic carbocycles. The summed E-state index contributed by atoms with van der Waals surface area (Å²) in [5.74, 6) is -0.596. The van der Waals surface area contributed by atoms with E-state index in [2.05, 4.69) is 9.97 Å². The molecule has 47 heavy (non-hydrogen) atoms. The largest absolute Gasteiger partial charge is 0.463 e. The summed E-state index contributed by atoms with van der Waals surface area (Å²) in [5, 5.41) is 13.0. The van der Waals surface area contributed by atoms with Gasteiger partial charge in [-0.1, -0.05) is 71.5 Å². The molecular weight excluding hydrogens is 658 g/mol. The molecule has 10 nitrogen and oxygen atoms in total. The van der Waals surface area contributed by atoms with Crippen LogP contribution in [-0.2, 0) is 9.53 Å². The van der Waals surface area contributed by atoms with Gasteiger partial charge in [-0.25, -0.2) is 19.8 Å². The number of nitro benzene ring substituents is 1. The van der Waals surface area contributed by atoms with Crippen molar-refractivity contribution in [3.63, 3.8) is 0 Å². The topological polar surface area (TPSA) is 130 Å². The number of carbonyl (C=O) groups is 1. The first kappa shape index (κ1) is 32.0. The van der Waals surface area contributed by atoms with Crippen molar-refractivity contribution < 1.29 is 14.5 Å². The number of carbonyl (C=O) groups excluding carboxylic acids is 1. The van der Waals surface area contributed by atoms with Crippen molar-refractivity contribution >= 4 is 58.1 Å². The maximum atomic E-state index is 14.2. The molecule has 3 heterocycles. The molecule has 0 radical (unpaired) electrons. The van der Waals surface area contributed by atoms with Crippen LogP contribution in [0.25, 0.3) is 11.8 Å². The number of hydrogen-bond acceptors (Lipinski definition) is 10. The third kappa shape index (κ3) is 6.66. The van der Waals surface area contributed by atoms with Gasteiger partial charge in [0.1, 0.15) is 0 Å². The van der Waals surface area contributed by atoms with E-state index >= 15 is 0 Å². The van der Waals surface area contributed by atoms with Crippen LogP contribution in [0.5, 0.6) is 0 Å². The smallest absolute Gasteiger partial charge is 0.338 e. The molecule has 5 aromatic rings. The Morgan fingerprint density at radius 1 is 1.06 bits per heavy atom. The zero-order valence-electron chi connectivity index (χ0n) is 25.3. The molecule has 0 fully saturated rings. The van der Waals surface area contributed by atoms with Crippen molar-refractivity contribution in [3.05, 3.63) is 147 Å². The fourth-order valence-electron chi connectivity index (χ4n) is 5.24. The number of hydrogen-bond donors (Lipinski definition) is 0. The summed E-state index contributed by atoms with van der Waals surface area (Å²) < 4.78 is 7.24. The quantitative estimate of drug-likeness (QED) is 0.0836. The van der Waals surface area contributed by atoms with Crippen molar-refractivity contribution in [2.24, 2.45) is 4.99 Å². The van der Waals surface area contributed by atoms with Crippen LogP contribution in [0.2, 0.25) is 5.02 Å². The normalized spacial score (nSPS) is 14.5. The van der Waals surface area contributed by atoms with E-state index in [-0.39, 0.29) is 22.4 Å². The predicted molar refractivity (Wildman–Crippen MR) is 181 cm³/mol. The van der Waals surface area contributed by atoms with E-state index < -0.39 is 22.5 Å². The maximum absolute atomic E-state index is 14.2. The van der Waals surface area contributed by atoms with Gasteiger partial charge in [0.25, 0.3) is 11.2 Å². The molecule has 1 aliphatic heterocycles. The van der Waals surface area contributed by atoms with Crippen LogP contribution in [0.3, 0.4) is 0 Å². The first-order chi connectivity index (χ1) is 22.6. The molecule has 3 aromatic carbocycles. The fourth-order valence-corrected chi connectivity index (χ4v) is 7.32. The Balaban J connectivity index is 1.52. The highest BCUT2D eigenvalue weighted by molar-refractivity contribution is 7.99. The van der Waals surface area contributed by atoms with Gasteiger partial charge >= 0.3 is 5.97 Å². The van der Waals surface area contributed by atoms with Gasteiger partial charge in [0, 0.05) is 28.0 Å². The van der Waals surface area contributed by atoms with E-state index in [1.54, 1.807) is 49.4 Å². The van der Waals surface area contributed by atoms with Gasteiger partial charge in [0.2, 0.25) is 0 Å². The van der Waals surface area contributed by atoms with E-state index in [1.165, 1.54) is 10.6 Å². The van der Waals surface area contributed by atoms with Crippen molar-refractivity contribution in [1.82, 2.24) is 14.5 Å². The number of ether oxygens (including phenoxy) is 1. The van der Waals surface area contributed by atoms with Crippen molar-refractivity contribution in [1.29, 1.82) is 0 Å². The molecule has 0 spiro atoms. The number of benzene rings is 3. The predicted octanol–water partition coefficient (Wildman–Crippen LogP) is 6.06. The zero-order chi connectivity index (χ0) is 33.2. The van der Waals surface area contributed by atoms with Crippen LogP contribution in [0.4, 0.5) is 5.69 Å². The second-order valence-electron chi connectivity index (χ2n) is 10.5. The molecule has 0 bridgehead atoms. The van der Waals surface area contributed by atoms with Crippen LogP contribution < -0.4 is 14.9 Å². The SMILES string of the molecule is CCOC(=O)C1=C(c2ccccc2)N=c2s/c(=C/c3ccc(Sc4nc(C)cc(C)n4)c([N+](=O)[O-])c3)c(=O)n2[C@H]1c1ccc(Cl)cc1. The second-order valence-corrected chi connectivity index (χ2v) is 13.0. The Morgan fingerprint density at radius 2 is 1.77 bits per heavy atom. The molecule has 2 aromatic heterocycles. The van der Waals surface area contributed by atoms with Crippen LogP contribution in [-0.4, -0.2) is 32.0 Å². The fraction of sp³-hybridized carbons (Fsp3) is 0.147. The lowest BCUT2D eigenvalue weighted by Gasteiger charge is -2.25. The highest BCUT2D eigenvalue weighted by atomic mass is 35.5. The summed E-state index contributed by atoms with van der Waals surface area (Å²) in [6.07, 6.45) is 1.59. The van der Waals surface area contributed by atoms with Crippen molar-refractivity contribution in [2.75, 3.05) is 6.61 Å². The Labute approximate surface area is 281 Å². The van der Waals surface area contributed by atoms with Gasteiger partial charge in [0.05, 0.1) is 38.3 Å². The Bertz CT molecular complexity index is 2230. The standard InChI is InChI=1S/C34H26ClN5O5S2/c1-4-45-32(42)28-29(22-8-6-5-7-9-22)38-34-39(30(28)23-11-13-24(35)14-12-23)31(41)27(47-34)18-21-10-15-26(25(17-21)40(43)44)46-33-36-19(2)16-20(3)37-33/h5-18,30H,4H2,1-3H3/b27-18+/t30-/m0/s1. The average molecular weight is 684 g/mol. The van der Waals surface area contributed by atoms with Crippen molar-refractivity contribution in [3.8, 4) is 0 Å². The van der Waals surface area contributed by atoms with Crippen LogP contribution in [0, 0.1) is 24.0 Å². The minimum Gasteiger partial charge on any atom is -0.463 e. The molecule has 13 heteroatoms. The summed E-state index contributed by atoms with van der Waals surface area (Å²) in [4.78, 5) is 53.7. The first-order valence-corrected chi connectivity index (χ1v) is 16.5. The van der Waals surface area contributed by atoms with E-state index in [9.17, 15) is 19.7 Å². The molecule has 0 unspecified atom stereocenters. The van der Waals surface area contributed by atoms with Gasteiger partial charge in [-0.05, 0) is 74.0 Å². The number of fused-ring (bicyclic) bond motifs is 1. The lowest BCUT2D eigenvalue weighted by Crippen LogP contribution is -2.40. The molecular formula is C34H26ClN5O5S2. The van der Waals surface area contributed by atoms with Gasteiger partial charge in [0.15, 0.2) is 9.96 Å². The number of nitrogens with zero attached hydrogens (tertiary/aromatic N) is 5. The highest BCUT2D eigenvalue weighted by Crippen LogP contribution is 2.36. The van der Waals surface area contributed by atoms with E-state index in [4.69, 9.17) is 21.3 Å². The summed E-state index contributed by atoms with van der Waals surface area (Å²) in [6, 6.07) is 21.8. The van der Waals surface area contributed by atoms with Crippen molar-refractivity contribution in [2.45, 2.75) is 36.9 Å². The Hall–Kier alpha value is -4.91. The number of thiazole rings is 1. The van der Waals surface area contributed by atoms with E-state index in [1.807, 2.05) is 50.2 Å². The maximum Gasteiger partial charge on any atom is 0.338 e. The van der Waals surface area contributed by atoms with Gasteiger partial charge < -0.3 is 4.74 Å². The van der Waals surface area contributed by atoms with Gasteiger partial charge in [-0.2, -0.15) is 0 Å². The minimum atomic E-state index is -0.870. The van der Waals surface area contributed by atoms with Crippen LogP contribution >= 0.6 is 34.7 Å². The first-order valence-electron chi connectivity index (χ1n) is 14.5. The summed E-state index contributed by atoms with van der Waals surface area (Å²) >= 11 is 8.43. The number of nitro groups is 1. The molecule has 1 atom stereocenters. The molecule has 0 amide bonds. The average Bonchev–Trinajstić information content (AvgIpc) is 3.35. The lowest BCUT2D eigenvalue weighted by molar-refractivity contribution is -0.387. The number of esters is 1. The third-order valence-electron chi connectivity index (χ3n) is 7.20. The number of rotatable bonds is 8. The van der Waals surface area contributed by atoms with E-state index in [0.29, 0.717) is 42.3 Å². The van der Waals surface area contributed by atoms with Crippen LogP contribution in [0.15, 0.2) is 104 Å². The number of halogens is 1. The monoisotopic (exact) mass is 683 g/mol. The Morgan fingerprint density at radius 3 is 2.43 bits per heavy atom. The minimum absolute atomic E-state index is 0.130. The Kier molecular flexibility index (Phi) is 9.17. The third-order valence-corrected chi connectivity index (χ3v) is 9.37. The summed E-state index contributed by atoms with van der Waals surface area (Å²) in [5.41, 5.74) is 3.33. The van der Waals surface area contributed by atoms with Crippen LogP contribution in [0.1, 0.15) is 41.0 Å². The molecule has 1 aliphatic rings. The number of aryl methyl sites for hydroxylation is 2. The van der Waals surface area contributed by atoms with E-state index in [0.717, 1.165) is 34.5 Å². The molecule has 0 saturated heterocycles. The lowest BCUT2D eigenvalue weighted by atomic mass is 9.93. The highest BCUT2D eigenvalue weighted by Gasteiger charge is 2.35.